The van der Waals surface area contributed by atoms with Gasteiger partial charge in [0.25, 0.3) is 5.91 Å². The first-order valence-electron chi connectivity index (χ1n) is 8.25. The Morgan fingerprint density at radius 3 is 2.48 bits per heavy atom. The van der Waals surface area contributed by atoms with E-state index in [4.69, 9.17) is 15.2 Å². The largest absolute Gasteiger partial charge is 0.495 e. The average molecular weight is 392 g/mol. The number of rotatable bonds is 4. The quantitative estimate of drug-likeness (QED) is 0.845. The number of nitrogens with zero attached hydrogens (tertiary/aromatic N) is 2. The molecule has 0 spiro atoms. The molecule has 2 aliphatic rings. The zero-order valence-electron chi connectivity index (χ0n) is 14.4. The third-order valence-electron chi connectivity index (χ3n) is 4.66. The maximum Gasteiger partial charge on any atom is 0.251 e. The average Bonchev–Trinajstić information content (AvgIpc) is 3.10. The number of benzene rings is 1. The van der Waals surface area contributed by atoms with Gasteiger partial charge >= 0.3 is 0 Å². The van der Waals surface area contributed by atoms with Gasteiger partial charge in [-0.3, -0.25) is 4.79 Å². The highest BCUT2D eigenvalue weighted by Crippen LogP contribution is 2.29. The van der Waals surface area contributed by atoms with Gasteiger partial charge in [0.1, 0.15) is 11.9 Å². The van der Waals surface area contributed by atoms with Crippen molar-refractivity contribution in [3.8, 4) is 5.75 Å². The van der Waals surface area contributed by atoms with E-state index in [1.54, 1.807) is 7.11 Å². The number of hydrogen-bond acceptors (Lipinski definition) is 5. The van der Waals surface area contributed by atoms with Gasteiger partial charge in [-0.1, -0.05) is 12.1 Å². The Labute approximate surface area is 161 Å². The normalized spacial score (nSPS) is 22.8. The second-order valence-corrected chi connectivity index (χ2v) is 6.04. The van der Waals surface area contributed by atoms with Gasteiger partial charge in [0, 0.05) is 32.7 Å². The van der Waals surface area contributed by atoms with E-state index in [1.165, 1.54) is 0 Å². The van der Waals surface area contributed by atoms with Crippen LogP contribution >= 0.6 is 24.8 Å². The van der Waals surface area contributed by atoms with Crippen molar-refractivity contribution in [1.29, 1.82) is 0 Å². The molecule has 8 heteroatoms. The summed E-state index contributed by atoms with van der Waals surface area (Å²) in [7, 11) is 1.68. The molecule has 2 atom stereocenters. The molecule has 0 aromatic heterocycles. The molecular formula is C17H27Cl2N3O3. The molecule has 2 N–H and O–H groups in total. The number of methoxy groups -OCH3 is 1. The monoisotopic (exact) mass is 391 g/mol. The van der Waals surface area contributed by atoms with Crippen molar-refractivity contribution in [2.45, 2.75) is 25.0 Å². The zero-order valence-corrected chi connectivity index (χ0v) is 16.1. The summed E-state index contributed by atoms with van der Waals surface area (Å²) in [5.41, 5.74) is 6.70. The minimum atomic E-state index is -0.304. The van der Waals surface area contributed by atoms with Crippen LogP contribution in [0.3, 0.4) is 0 Å². The fraction of sp³-hybridized carbons (Fsp3) is 0.588. The molecule has 1 amide bonds. The Hall–Kier alpha value is -1.21. The topological polar surface area (TPSA) is 68.0 Å². The number of anilines is 1. The number of ether oxygens (including phenoxy) is 2. The Morgan fingerprint density at radius 1 is 1.20 bits per heavy atom. The summed E-state index contributed by atoms with van der Waals surface area (Å²) in [6.45, 7) is 3.53. The Morgan fingerprint density at radius 2 is 1.88 bits per heavy atom. The second-order valence-electron chi connectivity index (χ2n) is 6.04. The van der Waals surface area contributed by atoms with Crippen LogP contribution in [0.1, 0.15) is 12.8 Å². The molecule has 25 heavy (non-hydrogen) atoms. The molecule has 0 saturated carbocycles. The second kappa shape index (κ2) is 10.1. The summed E-state index contributed by atoms with van der Waals surface area (Å²) in [6, 6.07) is 8.00. The first kappa shape index (κ1) is 21.8. The highest BCUT2D eigenvalue weighted by atomic mass is 35.5. The lowest BCUT2D eigenvalue weighted by atomic mass is 10.1. The van der Waals surface area contributed by atoms with Crippen LogP contribution in [0.2, 0.25) is 0 Å². The first-order valence-corrected chi connectivity index (χ1v) is 8.25. The van der Waals surface area contributed by atoms with E-state index in [0.29, 0.717) is 19.6 Å². The van der Waals surface area contributed by atoms with Gasteiger partial charge in [0.05, 0.1) is 18.9 Å². The highest BCUT2D eigenvalue weighted by Gasteiger charge is 2.34. The van der Waals surface area contributed by atoms with Crippen LogP contribution < -0.4 is 15.4 Å². The van der Waals surface area contributed by atoms with Crippen molar-refractivity contribution < 1.29 is 14.3 Å². The van der Waals surface area contributed by atoms with E-state index in [9.17, 15) is 4.79 Å². The Bertz CT molecular complexity index is 554. The van der Waals surface area contributed by atoms with Gasteiger partial charge in [0.2, 0.25) is 0 Å². The van der Waals surface area contributed by atoms with Crippen molar-refractivity contribution in [2.24, 2.45) is 5.73 Å². The number of carbonyl (C=O) groups excluding carboxylic acids is 1. The van der Waals surface area contributed by atoms with Crippen LogP contribution in [0, 0.1) is 0 Å². The number of halogens is 2. The number of piperazine rings is 1. The molecule has 0 radical (unpaired) electrons. The van der Waals surface area contributed by atoms with E-state index in [2.05, 4.69) is 11.0 Å². The molecule has 142 valence electrons. The van der Waals surface area contributed by atoms with Crippen LogP contribution in [-0.4, -0.2) is 62.8 Å². The molecule has 1 aromatic rings. The lowest BCUT2D eigenvalue weighted by molar-refractivity contribution is -0.143. The molecule has 2 aliphatic heterocycles. The summed E-state index contributed by atoms with van der Waals surface area (Å²) < 4.78 is 11.1. The van der Waals surface area contributed by atoms with Crippen molar-refractivity contribution in [1.82, 2.24) is 4.90 Å². The third kappa shape index (κ3) is 4.91. The third-order valence-corrected chi connectivity index (χ3v) is 4.66. The minimum absolute atomic E-state index is 0. The van der Waals surface area contributed by atoms with E-state index in [-0.39, 0.29) is 42.9 Å². The van der Waals surface area contributed by atoms with Crippen LogP contribution in [0.4, 0.5) is 5.69 Å². The molecule has 0 unspecified atom stereocenters. The van der Waals surface area contributed by atoms with E-state index in [0.717, 1.165) is 37.4 Å². The molecular weight excluding hydrogens is 365 g/mol. The summed E-state index contributed by atoms with van der Waals surface area (Å²) in [4.78, 5) is 16.7. The molecule has 2 heterocycles. The van der Waals surface area contributed by atoms with E-state index >= 15 is 0 Å². The summed E-state index contributed by atoms with van der Waals surface area (Å²) in [5, 5.41) is 0. The maximum absolute atomic E-state index is 12.5. The van der Waals surface area contributed by atoms with Crippen LogP contribution in [0.5, 0.6) is 5.75 Å². The zero-order chi connectivity index (χ0) is 16.2. The Balaban J connectivity index is 0.00000156. The molecule has 6 nitrogen and oxygen atoms in total. The molecule has 0 bridgehead atoms. The number of para-hydroxylation sites is 2. The maximum atomic E-state index is 12.5. The number of carbonyl (C=O) groups is 1. The predicted molar refractivity (Wildman–Crippen MR) is 103 cm³/mol. The van der Waals surface area contributed by atoms with Crippen molar-refractivity contribution in [3.63, 3.8) is 0 Å². The van der Waals surface area contributed by atoms with Crippen molar-refractivity contribution in [2.75, 3.05) is 44.7 Å². The van der Waals surface area contributed by atoms with E-state index in [1.807, 2.05) is 23.1 Å². The predicted octanol–water partition coefficient (Wildman–Crippen LogP) is 1.69. The molecule has 2 saturated heterocycles. The van der Waals surface area contributed by atoms with Gasteiger partial charge in [-0.25, -0.2) is 0 Å². The highest BCUT2D eigenvalue weighted by molar-refractivity contribution is 5.85. The SMILES string of the molecule is COc1ccccc1N1CCN(C(=O)[C@@H]2CC[C@H](CN)O2)CC1.Cl.Cl. The fourth-order valence-corrected chi connectivity index (χ4v) is 3.32. The standard InChI is InChI=1S/C17H25N3O3.2ClH/c1-22-15-5-3-2-4-14(15)19-8-10-20(11-9-19)17(21)16-7-6-13(12-18)23-16;;/h2-5,13,16H,6-12,18H2,1H3;2*1H/t13-,16+;;/m1../s1. The fourth-order valence-electron chi connectivity index (χ4n) is 3.32. The number of hydrogen-bond donors (Lipinski definition) is 1. The summed E-state index contributed by atoms with van der Waals surface area (Å²) in [6.07, 6.45) is 1.40. The van der Waals surface area contributed by atoms with Crippen LogP contribution in [0.15, 0.2) is 24.3 Å². The lowest BCUT2D eigenvalue weighted by Crippen LogP contribution is -2.51. The van der Waals surface area contributed by atoms with Crippen molar-refractivity contribution >= 4 is 36.4 Å². The van der Waals surface area contributed by atoms with Gasteiger partial charge < -0.3 is 25.0 Å². The lowest BCUT2D eigenvalue weighted by Gasteiger charge is -2.37. The van der Waals surface area contributed by atoms with E-state index < -0.39 is 0 Å². The van der Waals surface area contributed by atoms with Crippen LogP contribution in [-0.2, 0) is 9.53 Å². The minimum Gasteiger partial charge on any atom is -0.495 e. The van der Waals surface area contributed by atoms with Gasteiger partial charge in [-0.2, -0.15) is 0 Å². The Kier molecular flexibility index (Phi) is 8.79. The van der Waals surface area contributed by atoms with Crippen LogP contribution in [0.25, 0.3) is 0 Å². The summed E-state index contributed by atoms with van der Waals surface area (Å²) >= 11 is 0. The first-order chi connectivity index (χ1) is 11.2. The van der Waals surface area contributed by atoms with Crippen molar-refractivity contribution in [3.05, 3.63) is 24.3 Å². The molecule has 3 rings (SSSR count). The van der Waals surface area contributed by atoms with Gasteiger partial charge in [-0.15, -0.1) is 24.8 Å². The number of nitrogens with two attached hydrogens (primary N) is 1. The smallest absolute Gasteiger partial charge is 0.251 e. The number of amides is 1. The van der Waals surface area contributed by atoms with Gasteiger partial charge in [-0.05, 0) is 25.0 Å². The molecule has 0 aliphatic carbocycles. The molecule has 1 aromatic carbocycles. The summed E-state index contributed by atoms with van der Waals surface area (Å²) in [5.74, 6) is 0.984. The molecule has 2 fully saturated rings. The van der Waals surface area contributed by atoms with Gasteiger partial charge in [0.15, 0.2) is 0 Å².